The lowest BCUT2D eigenvalue weighted by molar-refractivity contribution is -0.142. The van der Waals surface area contributed by atoms with E-state index >= 15 is 0 Å². The molecule has 0 aliphatic heterocycles. The van der Waals surface area contributed by atoms with E-state index in [1.807, 2.05) is 19.2 Å². The van der Waals surface area contributed by atoms with Crippen molar-refractivity contribution in [2.45, 2.75) is 58.4 Å². The average Bonchev–Trinajstić information content (AvgIpc) is 3.22. The molecule has 0 saturated heterocycles. The number of hydrogen-bond donors (Lipinski definition) is 1. The van der Waals surface area contributed by atoms with E-state index in [0.29, 0.717) is 30.7 Å². The number of aromatic nitrogens is 4. The number of hydrogen-bond acceptors (Lipinski definition) is 3. The number of rotatable bonds is 5. The number of alkyl halides is 3. The van der Waals surface area contributed by atoms with Crippen LogP contribution in [0.15, 0.2) is 12.3 Å². The standard InChI is InChI=1S/C16H20F3N5O/c1-3-23-8-7-12(21-23)10(2)20-14(25)9-24-13-6-4-5-11(13)15(22-24)16(17,18)19/h7-8,10H,3-6,9H2,1-2H3,(H,20,25)/t10-/m1/s1. The van der Waals surface area contributed by atoms with Gasteiger partial charge in [-0.25, -0.2) is 0 Å². The van der Waals surface area contributed by atoms with E-state index in [9.17, 15) is 18.0 Å². The van der Waals surface area contributed by atoms with Gasteiger partial charge in [0.05, 0.1) is 11.7 Å². The Morgan fingerprint density at radius 3 is 2.76 bits per heavy atom. The molecule has 0 fully saturated rings. The minimum Gasteiger partial charge on any atom is -0.346 e. The summed E-state index contributed by atoms with van der Waals surface area (Å²) in [5.41, 5.74) is 0.597. The fourth-order valence-corrected chi connectivity index (χ4v) is 3.15. The largest absolute Gasteiger partial charge is 0.435 e. The van der Waals surface area contributed by atoms with Crippen molar-refractivity contribution in [2.24, 2.45) is 0 Å². The fourth-order valence-electron chi connectivity index (χ4n) is 3.15. The van der Waals surface area contributed by atoms with Crippen molar-refractivity contribution in [1.82, 2.24) is 24.9 Å². The molecule has 25 heavy (non-hydrogen) atoms. The van der Waals surface area contributed by atoms with Gasteiger partial charge in [0.2, 0.25) is 5.91 Å². The van der Waals surface area contributed by atoms with E-state index in [2.05, 4.69) is 15.5 Å². The third-order valence-corrected chi connectivity index (χ3v) is 4.38. The summed E-state index contributed by atoms with van der Waals surface area (Å²) in [4.78, 5) is 12.2. The third-order valence-electron chi connectivity index (χ3n) is 4.38. The zero-order chi connectivity index (χ0) is 18.2. The van der Waals surface area contributed by atoms with Crippen LogP contribution in [0.1, 0.15) is 49.0 Å². The van der Waals surface area contributed by atoms with Crippen molar-refractivity contribution < 1.29 is 18.0 Å². The Hall–Kier alpha value is -2.32. The van der Waals surface area contributed by atoms with Crippen LogP contribution in [0.4, 0.5) is 13.2 Å². The van der Waals surface area contributed by atoms with Gasteiger partial charge in [-0.3, -0.25) is 14.2 Å². The first-order valence-corrected chi connectivity index (χ1v) is 8.28. The van der Waals surface area contributed by atoms with E-state index in [4.69, 9.17) is 0 Å². The van der Waals surface area contributed by atoms with Gasteiger partial charge in [0.15, 0.2) is 5.69 Å². The van der Waals surface area contributed by atoms with E-state index in [-0.39, 0.29) is 24.1 Å². The average molecular weight is 355 g/mol. The van der Waals surface area contributed by atoms with Gasteiger partial charge in [0.25, 0.3) is 0 Å². The molecule has 0 aromatic carbocycles. The number of fused-ring (bicyclic) bond motifs is 1. The van der Waals surface area contributed by atoms with Gasteiger partial charge in [-0.05, 0) is 39.2 Å². The maximum Gasteiger partial charge on any atom is 0.435 e. The van der Waals surface area contributed by atoms with Crippen LogP contribution in [0.5, 0.6) is 0 Å². The molecule has 2 aromatic rings. The highest BCUT2D eigenvalue weighted by Crippen LogP contribution is 2.36. The van der Waals surface area contributed by atoms with E-state index < -0.39 is 11.9 Å². The Labute approximate surface area is 143 Å². The smallest absolute Gasteiger partial charge is 0.346 e. The van der Waals surface area contributed by atoms with Crippen molar-refractivity contribution in [2.75, 3.05) is 0 Å². The lowest BCUT2D eigenvalue weighted by atomic mass is 10.2. The molecule has 1 atom stereocenters. The molecule has 6 nitrogen and oxygen atoms in total. The van der Waals surface area contributed by atoms with Crippen molar-refractivity contribution in [3.05, 3.63) is 34.9 Å². The number of nitrogens with one attached hydrogen (secondary N) is 1. The summed E-state index contributed by atoms with van der Waals surface area (Å²) in [5, 5.41) is 10.7. The maximum absolute atomic E-state index is 13.1. The van der Waals surface area contributed by atoms with Gasteiger partial charge in [0.1, 0.15) is 6.54 Å². The van der Waals surface area contributed by atoms with Crippen LogP contribution in [0.2, 0.25) is 0 Å². The Balaban J connectivity index is 1.71. The molecular weight excluding hydrogens is 335 g/mol. The second kappa shape index (κ2) is 6.53. The lowest BCUT2D eigenvalue weighted by Gasteiger charge is -2.12. The van der Waals surface area contributed by atoms with Crippen molar-refractivity contribution in [1.29, 1.82) is 0 Å². The molecule has 2 heterocycles. The predicted molar refractivity (Wildman–Crippen MR) is 83.7 cm³/mol. The molecule has 1 N–H and O–H groups in total. The quantitative estimate of drug-likeness (QED) is 0.896. The van der Waals surface area contributed by atoms with E-state index in [1.165, 1.54) is 4.68 Å². The molecule has 0 spiro atoms. The first kappa shape index (κ1) is 17.5. The molecule has 136 valence electrons. The monoisotopic (exact) mass is 355 g/mol. The van der Waals surface area contributed by atoms with Crippen LogP contribution in [0, 0.1) is 0 Å². The number of amides is 1. The minimum absolute atomic E-state index is 0.225. The minimum atomic E-state index is -4.49. The van der Waals surface area contributed by atoms with Crippen molar-refractivity contribution in [3.8, 4) is 0 Å². The zero-order valence-electron chi connectivity index (χ0n) is 14.1. The number of carbonyl (C=O) groups excluding carboxylic acids is 1. The summed E-state index contributed by atoms with van der Waals surface area (Å²) in [6.45, 7) is 4.24. The molecule has 0 bridgehead atoms. The first-order chi connectivity index (χ1) is 11.8. The van der Waals surface area contributed by atoms with Gasteiger partial charge in [-0.1, -0.05) is 0 Å². The molecule has 1 amide bonds. The molecule has 2 aromatic heterocycles. The second-order valence-corrected chi connectivity index (χ2v) is 6.17. The summed E-state index contributed by atoms with van der Waals surface area (Å²) >= 11 is 0. The molecular formula is C16H20F3N5O. The molecule has 3 rings (SSSR count). The molecule has 0 saturated carbocycles. The SMILES string of the molecule is CCn1ccc([C@@H](C)NC(=O)Cn2nc(C(F)(F)F)c3c2CCC3)n1. The van der Waals surface area contributed by atoms with E-state index in [0.717, 1.165) is 6.54 Å². The highest BCUT2D eigenvalue weighted by atomic mass is 19.4. The van der Waals surface area contributed by atoms with Gasteiger partial charge in [0, 0.05) is 24.0 Å². The normalized spacial score (nSPS) is 15.2. The highest BCUT2D eigenvalue weighted by molar-refractivity contribution is 5.76. The zero-order valence-corrected chi connectivity index (χ0v) is 14.1. The number of aryl methyl sites for hydroxylation is 1. The third kappa shape index (κ3) is 3.54. The summed E-state index contributed by atoms with van der Waals surface area (Å²) in [5.74, 6) is -0.385. The van der Waals surface area contributed by atoms with Crippen LogP contribution in [-0.2, 0) is 36.9 Å². The molecule has 0 radical (unpaired) electrons. The number of carbonyl (C=O) groups is 1. The molecule has 0 unspecified atom stereocenters. The van der Waals surface area contributed by atoms with Crippen LogP contribution in [0.3, 0.4) is 0 Å². The van der Waals surface area contributed by atoms with Crippen LogP contribution in [-0.4, -0.2) is 25.5 Å². The molecule has 1 aliphatic carbocycles. The Kier molecular flexibility index (Phi) is 4.57. The van der Waals surface area contributed by atoms with Gasteiger partial charge >= 0.3 is 6.18 Å². The van der Waals surface area contributed by atoms with Crippen molar-refractivity contribution in [3.63, 3.8) is 0 Å². The van der Waals surface area contributed by atoms with Crippen LogP contribution >= 0.6 is 0 Å². The lowest BCUT2D eigenvalue weighted by Crippen LogP contribution is -2.31. The maximum atomic E-state index is 13.1. The Bertz CT molecular complexity index is 777. The summed E-state index contributed by atoms with van der Waals surface area (Å²) in [6.07, 6.45) is -1.15. The van der Waals surface area contributed by atoms with Crippen LogP contribution in [0.25, 0.3) is 0 Å². The summed E-state index contributed by atoms with van der Waals surface area (Å²) in [6, 6.07) is 1.48. The first-order valence-electron chi connectivity index (χ1n) is 8.28. The van der Waals surface area contributed by atoms with Gasteiger partial charge < -0.3 is 5.32 Å². The van der Waals surface area contributed by atoms with Crippen LogP contribution < -0.4 is 5.32 Å². The van der Waals surface area contributed by atoms with Crippen molar-refractivity contribution >= 4 is 5.91 Å². The topological polar surface area (TPSA) is 64.7 Å². The number of nitrogens with zero attached hydrogens (tertiary/aromatic N) is 4. The molecule has 1 aliphatic rings. The molecule has 9 heteroatoms. The second-order valence-electron chi connectivity index (χ2n) is 6.17. The fraction of sp³-hybridized carbons (Fsp3) is 0.562. The van der Waals surface area contributed by atoms with E-state index in [1.54, 1.807) is 11.6 Å². The highest BCUT2D eigenvalue weighted by Gasteiger charge is 2.40. The van der Waals surface area contributed by atoms with Gasteiger partial charge in [-0.2, -0.15) is 23.4 Å². The predicted octanol–water partition coefficient (Wildman–Crippen LogP) is 2.48. The Morgan fingerprint density at radius 2 is 2.12 bits per heavy atom. The number of halogens is 3. The Morgan fingerprint density at radius 1 is 1.36 bits per heavy atom. The van der Waals surface area contributed by atoms with Gasteiger partial charge in [-0.15, -0.1) is 0 Å². The summed E-state index contributed by atoms with van der Waals surface area (Å²) in [7, 11) is 0. The summed E-state index contributed by atoms with van der Waals surface area (Å²) < 4.78 is 42.2.